The quantitative estimate of drug-likeness (QED) is 0.430. The largest absolute Gasteiger partial charge is 0.493 e. The Labute approximate surface area is 182 Å². The summed E-state index contributed by atoms with van der Waals surface area (Å²) in [6, 6.07) is 16.3. The van der Waals surface area contributed by atoms with Crippen LogP contribution in [0.2, 0.25) is 5.02 Å². The van der Waals surface area contributed by atoms with Crippen molar-refractivity contribution in [2.24, 2.45) is 0 Å². The lowest BCUT2D eigenvalue weighted by Crippen LogP contribution is -2.11. The van der Waals surface area contributed by atoms with Crippen molar-refractivity contribution in [1.29, 1.82) is 0 Å². The number of anilines is 2. The number of methoxy groups -OCH3 is 2. The topological polar surface area (TPSA) is 86.5 Å². The summed E-state index contributed by atoms with van der Waals surface area (Å²) < 4.78 is 10.7. The number of halogens is 1. The summed E-state index contributed by atoms with van der Waals surface area (Å²) in [6.07, 6.45) is 0. The molecule has 152 valence electrons. The number of carbonyl (C=O) groups is 1. The molecule has 0 saturated carbocycles. The Hall–Kier alpha value is -3.29. The molecule has 0 spiro atoms. The number of nitrogen functional groups attached to an aromatic ring is 1. The molecule has 4 aromatic rings. The van der Waals surface area contributed by atoms with E-state index >= 15 is 0 Å². The fourth-order valence-corrected chi connectivity index (χ4v) is 4.26. The van der Waals surface area contributed by atoms with E-state index in [0.29, 0.717) is 37.6 Å². The van der Waals surface area contributed by atoms with Crippen LogP contribution in [-0.2, 0) is 0 Å². The molecule has 0 aliphatic carbocycles. The van der Waals surface area contributed by atoms with Crippen molar-refractivity contribution >= 4 is 50.4 Å². The Balaban J connectivity index is 1.68. The molecular formula is C22H18ClN3O3S. The van der Waals surface area contributed by atoms with Crippen molar-refractivity contribution in [3.63, 3.8) is 0 Å². The van der Waals surface area contributed by atoms with Crippen molar-refractivity contribution < 1.29 is 14.3 Å². The molecule has 0 radical (unpaired) electrons. The fourth-order valence-electron chi connectivity index (χ4n) is 3.08. The highest BCUT2D eigenvalue weighted by Gasteiger charge is 2.18. The highest BCUT2D eigenvalue weighted by atomic mass is 35.5. The minimum absolute atomic E-state index is 0.301. The zero-order chi connectivity index (χ0) is 21.3. The van der Waals surface area contributed by atoms with Crippen LogP contribution in [0.1, 0.15) is 9.67 Å². The number of hydrogen-bond acceptors (Lipinski definition) is 6. The van der Waals surface area contributed by atoms with E-state index in [0.717, 1.165) is 16.6 Å². The molecule has 2 aromatic heterocycles. The van der Waals surface area contributed by atoms with Crippen LogP contribution >= 0.6 is 22.9 Å². The number of amides is 1. The number of rotatable bonds is 5. The number of fused-ring (bicyclic) bond motifs is 1. The van der Waals surface area contributed by atoms with Crippen LogP contribution in [0.3, 0.4) is 0 Å². The second kappa shape index (κ2) is 8.22. The summed E-state index contributed by atoms with van der Waals surface area (Å²) in [7, 11) is 3.18. The maximum absolute atomic E-state index is 12.7. The molecule has 2 aromatic carbocycles. The smallest absolute Gasteiger partial charge is 0.267 e. The van der Waals surface area contributed by atoms with Gasteiger partial charge in [-0.15, -0.1) is 11.3 Å². The highest BCUT2D eigenvalue weighted by Crippen LogP contribution is 2.36. The average Bonchev–Trinajstić information content (AvgIpc) is 3.09. The van der Waals surface area contributed by atoms with E-state index in [1.807, 2.05) is 30.3 Å². The number of hydrogen-bond donors (Lipinski definition) is 2. The monoisotopic (exact) mass is 439 g/mol. The standard InChI is InChI=1S/C22H18ClN3O3S/c1-28-17-9-6-12(10-18(17)29-2)16-8-7-15-19(24)20(30-22(15)26-16)21(27)25-14-5-3-4-13(23)11-14/h3-11H,24H2,1-2H3,(H,25,27). The molecule has 0 aliphatic rings. The molecule has 0 bridgehead atoms. The van der Waals surface area contributed by atoms with Gasteiger partial charge in [-0.1, -0.05) is 17.7 Å². The van der Waals surface area contributed by atoms with Gasteiger partial charge in [-0.2, -0.15) is 0 Å². The molecule has 3 N–H and O–H groups in total. The van der Waals surface area contributed by atoms with Gasteiger partial charge in [-0.3, -0.25) is 4.79 Å². The van der Waals surface area contributed by atoms with Crippen molar-refractivity contribution in [3.8, 4) is 22.8 Å². The van der Waals surface area contributed by atoms with Crippen LogP contribution in [-0.4, -0.2) is 25.1 Å². The Morgan fingerprint density at radius 3 is 2.60 bits per heavy atom. The number of carbonyl (C=O) groups excluding carboxylic acids is 1. The molecule has 0 fully saturated rings. The van der Waals surface area contributed by atoms with Crippen molar-refractivity contribution in [2.45, 2.75) is 0 Å². The summed E-state index contributed by atoms with van der Waals surface area (Å²) >= 11 is 7.23. The predicted molar refractivity (Wildman–Crippen MR) is 122 cm³/mol. The summed E-state index contributed by atoms with van der Waals surface area (Å²) in [5, 5.41) is 4.10. The van der Waals surface area contributed by atoms with Crippen molar-refractivity contribution in [1.82, 2.24) is 4.98 Å². The van der Waals surface area contributed by atoms with Crippen LogP contribution < -0.4 is 20.5 Å². The fraction of sp³-hybridized carbons (Fsp3) is 0.0909. The number of thiophene rings is 1. The van der Waals surface area contributed by atoms with Gasteiger partial charge in [-0.05, 0) is 48.5 Å². The molecular weight excluding hydrogens is 422 g/mol. The molecule has 0 atom stereocenters. The van der Waals surface area contributed by atoms with Gasteiger partial charge in [0, 0.05) is 21.7 Å². The molecule has 4 rings (SSSR count). The third kappa shape index (κ3) is 3.77. The van der Waals surface area contributed by atoms with Crippen LogP contribution in [0.4, 0.5) is 11.4 Å². The molecule has 0 unspecified atom stereocenters. The first kappa shape index (κ1) is 20.0. The Kier molecular flexibility index (Phi) is 5.48. The minimum atomic E-state index is -0.301. The third-order valence-electron chi connectivity index (χ3n) is 4.56. The zero-order valence-electron chi connectivity index (χ0n) is 16.2. The number of ether oxygens (including phenoxy) is 2. The van der Waals surface area contributed by atoms with Crippen LogP contribution in [0.5, 0.6) is 11.5 Å². The van der Waals surface area contributed by atoms with Gasteiger partial charge in [-0.25, -0.2) is 4.98 Å². The van der Waals surface area contributed by atoms with E-state index in [1.165, 1.54) is 11.3 Å². The van der Waals surface area contributed by atoms with E-state index in [-0.39, 0.29) is 5.91 Å². The number of pyridine rings is 1. The Morgan fingerprint density at radius 2 is 1.87 bits per heavy atom. The summed E-state index contributed by atoms with van der Waals surface area (Å²) in [5.41, 5.74) is 8.86. The van der Waals surface area contributed by atoms with Gasteiger partial charge < -0.3 is 20.5 Å². The normalized spacial score (nSPS) is 10.8. The highest BCUT2D eigenvalue weighted by molar-refractivity contribution is 7.21. The molecule has 8 heteroatoms. The maximum atomic E-state index is 12.7. The van der Waals surface area contributed by atoms with Gasteiger partial charge >= 0.3 is 0 Å². The van der Waals surface area contributed by atoms with Gasteiger partial charge in [0.05, 0.1) is 25.6 Å². The minimum Gasteiger partial charge on any atom is -0.493 e. The summed E-state index contributed by atoms with van der Waals surface area (Å²) in [4.78, 5) is 18.5. The SMILES string of the molecule is COc1ccc(-c2ccc3c(N)c(C(=O)Nc4cccc(Cl)c4)sc3n2)cc1OC. The molecule has 1 amide bonds. The lowest BCUT2D eigenvalue weighted by atomic mass is 10.1. The van der Waals surface area contributed by atoms with Gasteiger partial charge in [0.1, 0.15) is 9.71 Å². The van der Waals surface area contributed by atoms with Crippen LogP contribution in [0, 0.1) is 0 Å². The number of benzene rings is 2. The summed E-state index contributed by atoms with van der Waals surface area (Å²) in [5.74, 6) is 0.956. The number of nitrogens with one attached hydrogen (secondary N) is 1. The molecule has 30 heavy (non-hydrogen) atoms. The molecule has 2 heterocycles. The molecule has 6 nitrogen and oxygen atoms in total. The zero-order valence-corrected chi connectivity index (χ0v) is 17.8. The van der Waals surface area contributed by atoms with E-state index < -0.39 is 0 Å². The third-order valence-corrected chi connectivity index (χ3v) is 5.91. The first-order valence-corrected chi connectivity index (χ1v) is 10.2. The van der Waals surface area contributed by atoms with Gasteiger partial charge in [0.2, 0.25) is 0 Å². The van der Waals surface area contributed by atoms with Gasteiger partial charge in [0.15, 0.2) is 11.5 Å². The number of nitrogens with two attached hydrogens (primary N) is 1. The van der Waals surface area contributed by atoms with E-state index in [2.05, 4.69) is 5.32 Å². The first-order valence-electron chi connectivity index (χ1n) is 8.98. The maximum Gasteiger partial charge on any atom is 0.267 e. The van der Waals surface area contributed by atoms with Crippen molar-refractivity contribution in [3.05, 3.63) is 64.5 Å². The van der Waals surface area contributed by atoms with Crippen LogP contribution in [0.25, 0.3) is 21.5 Å². The Morgan fingerprint density at radius 1 is 1.07 bits per heavy atom. The molecule has 0 aliphatic heterocycles. The van der Waals surface area contributed by atoms with E-state index in [1.54, 1.807) is 38.5 Å². The Bertz CT molecular complexity index is 1260. The van der Waals surface area contributed by atoms with Crippen molar-refractivity contribution in [2.75, 3.05) is 25.3 Å². The summed E-state index contributed by atoms with van der Waals surface area (Å²) in [6.45, 7) is 0. The van der Waals surface area contributed by atoms with E-state index in [9.17, 15) is 4.79 Å². The lowest BCUT2D eigenvalue weighted by Gasteiger charge is -2.09. The van der Waals surface area contributed by atoms with Gasteiger partial charge in [0.25, 0.3) is 5.91 Å². The second-order valence-electron chi connectivity index (χ2n) is 6.43. The number of nitrogens with zero attached hydrogens (tertiary/aromatic N) is 1. The number of aromatic nitrogens is 1. The van der Waals surface area contributed by atoms with E-state index in [4.69, 9.17) is 31.8 Å². The predicted octanol–water partition coefficient (Wildman–Crippen LogP) is 5.47. The lowest BCUT2D eigenvalue weighted by molar-refractivity contribution is 0.103. The average molecular weight is 440 g/mol. The van der Waals surface area contributed by atoms with Crippen LogP contribution in [0.15, 0.2) is 54.6 Å². The first-order chi connectivity index (χ1) is 14.5. The second-order valence-corrected chi connectivity index (χ2v) is 7.86. The molecule has 0 saturated heterocycles.